The zero-order valence-corrected chi connectivity index (χ0v) is 10.2. The molecule has 0 aliphatic carbocycles. The summed E-state index contributed by atoms with van der Waals surface area (Å²) in [6, 6.07) is 5.17. The van der Waals surface area contributed by atoms with E-state index in [1.54, 1.807) is 6.07 Å². The van der Waals surface area contributed by atoms with Crippen molar-refractivity contribution in [3.63, 3.8) is 0 Å². The average molecular weight is 277 g/mol. The molecule has 0 amide bonds. The fraction of sp³-hybridized carbons (Fsp3) is 0. The van der Waals surface area contributed by atoms with Crippen molar-refractivity contribution in [2.45, 2.75) is 10.1 Å². The van der Waals surface area contributed by atoms with Crippen molar-refractivity contribution in [2.75, 3.05) is 0 Å². The van der Waals surface area contributed by atoms with Gasteiger partial charge in [0.1, 0.15) is 0 Å². The number of aromatic carboxylic acids is 1. The second-order valence-corrected chi connectivity index (χ2v) is 4.39. The van der Waals surface area contributed by atoms with E-state index >= 15 is 0 Å². The van der Waals surface area contributed by atoms with Crippen LogP contribution in [0.3, 0.4) is 0 Å². The first kappa shape index (κ1) is 13.0. The van der Waals surface area contributed by atoms with E-state index in [0.717, 1.165) is 17.8 Å². The van der Waals surface area contributed by atoms with Gasteiger partial charge in [-0.05, 0) is 23.9 Å². The maximum absolute atomic E-state index is 11.1. The molecule has 1 aromatic carbocycles. The molecule has 96 valence electrons. The molecule has 19 heavy (non-hydrogen) atoms. The van der Waals surface area contributed by atoms with Gasteiger partial charge in [0.05, 0.1) is 10.5 Å². The summed E-state index contributed by atoms with van der Waals surface area (Å²) in [5.74, 6) is -1.16. The number of aromatic nitrogens is 2. The highest BCUT2D eigenvalue weighted by atomic mass is 32.2. The number of benzene rings is 1. The standard InChI is InChI=1S/C11H7N3O4S/c15-10(16)8-3-2-7(14(17)18)6-9(8)19-11-12-4-1-5-13-11/h1-6H,(H,15,16). The van der Waals surface area contributed by atoms with Crippen molar-refractivity contribution in [1.82, 2.24) is 9.97 Å². The number of hydrogen-bond donors (Lipinski definition) is 1. The highest BCUT2D eigenvalue weighted by Crippen LogP contribution is 2.30. The van der Waals surface area contributed by atoms with E-state index in [9.17, 15) is 14.9 Å². The molecule has 1 heterocycles. The Labute approximate surface area is 111 Å². The molecule has 0 bridgehead atoms. The Morgan fingerprint density at radius 3 is 2.58 bits per heavy atom. The molecule has 0 unspecified atom stereocenters. The molecule has 2 aromatic rings. The van der Waals surface area contributed by atoms with Gasteiger partial charge >= 0.3 is 5.97 Å². The summed E-state index contributed by atoms with van der Waals surface area (Å²) < 4.78 is 0. The van der Waals surface area contributed by atoms with Crippen LogP contribution in [0.4, 0.5) is 5.69 Å². The second-order valence-electron chi connectivity index (χ2n) is 3.38. The van der Waals surface area contributed by atoms with Crippen LogP contribution in [0.5, 0.6) is 0 Å². The lowest BCUT2D eigenvalue weighted by molar-refractivity contribution is -0.385. The quantitative estimate of drug-likeness (QED) is 0.518. The van der Waals surface area contributed by atoms with Gasteiger partial charge in [-0.3, -0.25) is 10.1 Å². The highest BCUT2D eigenvalue weighted by Gasteiger charge is 2.17. The molecule has 1 N–H and O–H groups in total. The summed E-state index contributed by atoms with van der Waals surface area (Å²) in [5, 5.41) is 20.1. The van der Waals surface area contributed by atoms with E-state index in [-0.39, 0.29) is 16.1 Å². The Bertz CT molecular complexity index is 633. The summed E-state index contributed by atoms with van der Waals surface area (Å²) in [6.45, 7) is 0. The van der Waals surface area contributed by atoms with E-state index in [1.807, 2.05) is 0 Å². The maximum atomic E-state index is 11.1. The number of nitro benzene ring substituents is 1. The second kappa shape index (κ2) is 5.44. The monoisotopic (exact) mass is 277 g/mol. The van der Waals surface area contributed by atoms with Crippen LogP contribution in [0.25, 0.3) is 0 Å². The molecule has 1 aromatic heterocycles. The number of nitrogens with zero attached hydrogens (tertiary/aromatic N) is 3. The Balaban J connectivity index is 2.43. The molecular formula is C11H7N3O4S. The van der Waals surface area contributed by atoms with Crippen LogP contribution in [-0.2, 0) is 0 Å². The highest BCUT2D eigenvalue weighted by molar-refractivity contribution is 7.99. The lowest BCUT2D eigenvalue weighted by atomic mass is 10.2. The number of hydrogen-bond acceptors (Lipinski definition) is 6. The van der Waals surface area contributed by atoms with Gasteiger partial charge in [-0.1, -0.05) is 0 Å². The van der Waals surface area contributed by atoms with E-state index in [2.05, 4.69) is 9.97 Å². The zero-order valence-electron chi connectivity index (χ0n) is 9.39. The fourth-order valence-corrected chi connectivity index (χ4v) is 2.19. The fourth-order valence-electron chi connectivity index (χ4n) is 1.32. The van der Waals surface area contributed by atoms with Crippen molar-refractivity contribution in [3.8, 4) is 0 Å². The number of carbonyl (C=O) groups is 1. The Kier molecular flexibility index (Phi) is 3.71. The van der Waals surface area contributed by atoms with Crippen LogP contribution in [0.2, 0.25) is 0 Å². The third-order valence-corrected chi connectivity index (χ3v) is 3.10. The van der Waals surface area contributed by atoms with Crippen molar-refractivity contribution >= 4 is 23.4 Å². The summed E-state index contributed by atoms with van der Waals surface area (Å²) in [5.41, 5.74) is -0.202. The van der Waals surface area contributed by atoms with Gasteiger partial charge in [0.25, 0.3) is 5.69 Å². The number of nitro groups is 1. The van der Waals surface area contributed by atoms with Crippen LogP contribution < -0.4 is 0 Å². The molecule has 0 aliphatic rings. The first-order chi connectivity index (χ1) is 9.08. The predicted octanol–water partition coefficient (Wildman–Crippen LogP) is 2.23. The largest absolute Gasteiger partial charge is 0.478 e. The van der Waals surface area contributed by atoms with Gasteiger partial charge in [0.2, 0.25) is 0 Å². The van der Waals surface area contributed by atoms with Crippen molar-refractivity contribution < 1.29 is 14.8 Å². The van der Waals surface area contributed by atoms with Crippen molar-refractivity contribution in [3.05, 3.63) is 52.3 Å². The van der Waals surface area contributed by atoms with Crippen LogP contribution in [0.1, 0.15) is 10.4 Å². The van der Waals surface area contributed by atoms with Gasteiger partial charge in [0, 0.05) is 29.4 Å². The number of carboxylic acids is 1. The minimum absolute atomic E-state index is 0.0250. The molecule has 8 heteroatoms. The molecule has 0 fully saturated rings. The summed E-state index contributed by atoms with van der Waals surface area (Å²) in [6.07, 6.45) is 3.01. The summed E-state index contributed by atoms with van der Waals surface area (Å²) in [7, 11) is 0. The number of rotatable bonds is 4. The minimum atomic E-state index is -1.16. The van der Waals surface area contributed by atoms with Crippen LogP contribution in [-0.4, -0.2) is 26.0 Å². The van der Waals surface area contributed by atoms with E-state index in [0.29, 0.717) is 5.16 Å². The van der Waals surface area contributed by atoms with Gasteiger partial charge in [-0.2, -0.15) is 0 Å². The first-order valence-corrected chi connectivity index (χ1v) is 5.86. The van der Waals surface area contributed by atoms with Crippen LogP contribution in [0, 0.1) is 10.1 Å². The molecule has 0 atom stereocenters. The molecule has 7 nitrogen and oxygen atoms in total. The Morgan fingerprint density at radius 1 is 1.32 bits per heavy atom. The molecule has 0 saturated heterocycles. The van der Waals surface area contributed by atoms with Gasteiger partial charge in [-0.25, -0.2) is 14.8 Å². The third-order valence-electron chi connectivity index (χ3n) is 2.15. The molecule has 0 aliphatic heterocycles. The average Bonchev–Trinajstić information content (AvgIpc) is 2.39. The third kappa shape index (κ3) is 3.05. The van der Waals surface area contributed by atoms with Gasteiger partial charge < -0.3 is 5.11 Å². The molecule has 0 spiro atoms. The van der Waals surface area contributed by atoms with E-state index in [1.165, 1.54) is 24.5 Å². The van der Waals surface area contributed by atoms with Crippen LogP contribution in [0.15, 0.2) is 46.7 Å². The molecule has 0 radical (unpaired) electrons. The first-order valence-electron chi connectivity index (χ1n) is 5.04. The maximum Gasteiger partial charge on any atom is 0.336 e. The molecule has 2 rings (SSSR count). The normalized spacial score (nSPS) is 10.1. The minimum Gasteiger partial charge on any atom is -0.478 e. The Hall–Kier alpha value is -2.48. The lowest BCUT2D eigenvalue weighted by Crippen LogP contribution is -2.00. The summed E-state index contributed by atoms with van der Waals surface area (Å²) in [4.78, 5) is 29.3. The SMILES string of the molecule is O=C(O)c1ccc([N+](=O)[O-])cc1Sc1ncccn1. The van der Waals surface area contributed by atoms with E-state index < -0.39 is 10.9 Å². The molecule has 0 saturated carbocycles. The topological polar surface area (TPSA) is 106 Å². The number of non-ortho nitro benzene ring substituents is 1. The summed E-state index contributed by atoms with van der Waals surface area (Å²) >= 11 is 0.967. The lowest BCUT2D eigenvalue weighted by Gasteiger charge is -2.04. The van der Waals surface area contributed by atoms with Gasteiger partial charge in [0.15, 0.2) is 5.16 Å². The van der Waals surface area contributed by atoms with Crippen molar-refractivity contribution in [1.29, 1.82) is 0 Å². The van der Waals surface area contributed by atoms with Crippen molar-refractivity contribution in [2.24, 2.45) is 0 Å². The van der Waals surface area contributed by atoms with Crippen LogP contribution >= 0.6 is 11.8 Å². The Morgan fingerprint density at radius 2 is 2.00 bits per heavy atom. The predicted molar refractivity (Wildman–Crippen MR) is 66.2 cm³/mol. The van der Waals surface area contributed by atoms with E-state index in [4.69, 9.17) is 5.11 Å². The molecular weight excluding hydrogens is 270 g/mol. The number of carboxylic acid groups (broad SMARTS) is 1. The zero-order chi connectivity index (χ0) is 13.8. The van der Waals surface area contributed by atoms with Gasteiger partial charge in [-0.15, -0.1) is 0 Å². The smallest absolute Gasteiger partial charge is 0.336 e.